The number of hydrogen-bond acceptors (Lipinski definition) is 4. The minimum Gasteiger partial charge on any atom is -0.333 e. The molecule has 1 aliphatic heterocycles. The molecule has 1 aromatic rings. The summed E-state index contributed by atoms with van der Waals surface area (Å²) < 4.78 is 0. The lowest BCUT2D eigenvalue weighted by atomic mass is 10.0. The van der Waals surface area contributed by atoms with Crippen molar-refractivity contribution < 1.29 is 9.59 Å². The third kappa shape index (κ3) is 6.14. The molecule has 1 saturated heterocycles. The van der Waals surface area contributed by atoms with Crippen LogP contribution in [0.2, 0.25) is 0 Å². The Morgan fingerprint density at radius 2 is 1.92 bits per heavy atom. The molecule has 0 spiro atoms. The number of nitrogens with zero attached hydrogens (tertiary/aromatic N) is 1. The van der Waals surface area contributed by atoms with Crippen molar-refractivity contribution in [3.63, 3.8) is 0 Å². The van der Waals surface area contributed by atoms with E-state index < -0.39 is 6.03 Å². The van der Waals surface area contributed by atoms with Crippen LogP contribution in [0.15, 0.2) is 24.3 Å². The summed E-state index contributed by atoms with van der Waals surface area (Å²) in [4.78, 5) is 26.2. The fourth-order valence-corrected chi connectivity index (χ4v) is 2.96. The van der Waals surface area contributed by atoms with Crippen LogP contribution in [0.3, 0.4) is 0 Å². The predicted molar refractivity (Wildman–Crippen MR) is 99.4 cm³/mol. The molecule has 2 rings (SSSR count). The first-order valence-electron chi connectivity index (χ1n) is 8.94. The van der Waals surface area contributed by atoms with E-state index in [9.17, 15) is 9.59 Å². The van der Waals surface area contributed by atoms with Crippen molar-refractivity contribution in [1.82, 2.24) is 20.9 Å². The molecule has 3 N–H and O–H groups in total. The number of amides is 3. The van der Waals surface area contributed by atoms with E-state index in [0.29, 0.717) is 0 Å². The summed E-state index contributed by atoms with van der Waals surface area (Å²) in [6.07, 6.45) is 1.01. The van der Waals surface area contributed by atoms with Crippen LogP contribution in [0.25, 0.3) is 0 Å². The van der Waals surface area contributed by atoms with Gasteiger partial charge in [0.15, 0.2) is 0 Å². The van der Waals surface area contributed by atoms with Crippen molar-refractivity contribution in [3.05, 3.63) is 35.4 Å². The summed E-state index contributed by atoms with van der Waals surface area (Å²) in [6, 6.07) is 8.23. The Morgan fingerprint density at radius 1 is 1.24 bits per heavy atom. The molecule has 25 heavy (non-hydrogen) atoms. The molecule has 0 radical (unpaired) electrons. The number of urea groups is 1. The summed E-state index contributed by atoms with van der Waals surface area (Å²) >= 11 is 0. The highest BCUT2D eigenvalue weighted by molar-refractivity contribution is 5.95. The molecule has 0 aromatic heterocycles. The summed E-state index contributed by atoms with van der Waals surface area (Å²) in [5, 5.41) is 8.55. The molecule has 1 aliphatic rings. The zero-order valence-corrected chi connectivity index (χ0v) is 15.7. The molecule has 1 unspecified atom stereocenters. The van der Waals surface area contributed by atoms with E-state index in [1.807, 2.05) is 20.8 Å². The van der Waals surface area contributed by atoms with E-state index in [-0.39, 0.29) is 24.0 Å². The van der Waals surface area contributed by atoms with E-state index in [4.69, 9.17) is 0 Å². The lowest BCUT2D eigenvalue weighted by molar-refractivity contribution is -0.122. The molecule has 3 amide bonds. The first kappa shape index (κ1) is 19.4. The van der Waals surface area contributed by atoms with Gasteiger partial charge in [0, 0.05) is 31.2 Å². The van der Waals surface area contributed by atoms with Crippen LogP contribution in [0, 0.1) is 0 Å². The molecule has 138 valence electrons. The highest BCUT2D eigenvalue weighted by atomic mass is 16.2. The first-order valence-corrected chi connectivity index (χ1v) is 8.94. The SMILES string of the molecule is CCc1ccc(C2CNCCN2CC(=O)NC(=O)NC(C)(C)C)cc1. The Bertz CT molecular complexity index is 592. The molecule has 0 aliphatic carbocycles. The maximum Gasteiger partial charge on any atom is 0.321 e. The number of aryl methyl sites for hydroxylation is 1. The normalized spacial score (nSPS) is 18.6. The van der Waals surface area contributed by atoms with Gasteiger partial charge in [-0.05, 0) is 38.3 Å². The first-order chi connectivity index (χ1) is 11.8. The van der Waals surface area contributed by atoms with Gasteiger partial charge in [-0.1, -0.05) is 31.2 Å². The van der Waals surface area contributed by atoms with Crippen LogP contribution in [-0.4, -0.2) is 48.6 Å². The van der Waals surface area contributed by atoms with Crippen molar-refractivity contribution in [1.29, 1.82) is 0 Å². The Hall–Kier alpha value is -1.92. The number of piperazine rings is 1. The fraction of sp³-hybridized carbons (Fsp3) is 0.579. The van der Waals surface area contributed by atoms with Crippen molar-refractivity contribution in [2.75, 3.05) is 26.2 Å². The van der Waals surface area contributed by atoms with Crippen molar-refractivity contribution in [3.8, 4) is 0 Å². The minimum absolute atomic E-state index is 0.135. The highest BCUT2D eigenvalue weighted by Crippen LogP contribution is 2.22. The van der Waals surface area contributed by atoms with Crippen LogP contribution >= 0.6 is 0 Å². The van der Waals surface area contributed by atoms with Gasteiger partial charge in [0.1, 0.15) is 0 Å². The second-order valence-electron chi connectivity index (χ2n) is 7.54. The second kappa shape index (κ2) is 8.45. The Labute approximate surface area is 150 Å². The van der Waals surface area contributed by atoms with Gasteiger partial charge >= 0.3 is 6.03 Å². The highest BCUT2D eigenvalue weighted by Gasteiger charge is 2.26. The average Bonchev–Trinajstić information content (AvgIpc) is 2.53. The van der Waals surface area contributed by atoms with Crippen LogP contribution in [0.1, 0.15) is 44.9 Å². The van der Waals surface area contributed by atoms with Crippen LogP contribution in [0.5, 0.6) is 0 Å². The summed E-state index contributed by atoms with van der Waals surface area (Å²) in [5.74, 6) is -0.279. The minimum atomic E-state index is -0.448. The van der Waals surface area contributed by atoms with Crippen molar-refractivity contribution in [2.45, 2.75) is 45.7 Å². The van der Waals surface area contributed by atoms with Gasteiger partial charge in [0.2, 0.25) is 5.91 Å². The molecule has 1 atom stereocenters. The molecular formula is C19H30N4O2. The zero-order valence-electron chi connectivity index (χ0n) is 15.7. The third-order valence-corrected chi connectivity index (χ3v) is 4.22. The predicted octanol–water partition coefficient (Wildman–Crippen LogP) is 1.82. The van der Waals surface area contributed by atoms with Crippen LogP contribution in [-0.2, 0) is 11.2 Å². The maximum atomic E-state index is 12.3. The standard InChI is InChI=1S/C19H30N4O2/c1-5-14-6-8-15(9-7-14)16-12-20-10-11-23(16)13-17(24)21-18(25)22-19(2,3)4/h6-9,16,20H,5,10-13H2,1-4H3,(H2,21,22,24,25). The molecule has 0 saturated carbocycles. The van der Waals surface area contributed by atoms with E-state index in [1.54, 1.807) is 0 Å². The van der Waals surface area contributed by atoms with E-state index >= 15 is 0 Å². The van der Waals surface area contributed by atoms with Gasteiger partial charge in [0.05, 0.1) is 6.54 Å². The Morgan fingerprint density at radius 3 is 2.52 bits per heavy atom. The van der Waals surface area contributed by atoms with E-state index in [2.05, 4.69) is 52.0 Å². The van der Waals surface area contributed by atoms with Gasteiger partial charge in [-0.2, -0.15) is 0 Å². The number of imide groups is 1. The second-order valence-corrected chi connectivity index (χ2v) is 7.54. The summed E-state index contributed by atoms with van der Waals surface area (Å²) in [6.45, 7) is 10.4. The largest absolute Gasteiger partial charge is 0.333 e. The lowest BCUT2D eigenvalue weighted by Gasteiger charge is -2.36. The van der Waals surface area contributed by atoms with Gasteiger partial charge in [-0.25, -0.2) is 4.79 Å². The Kier molecular flexibility index (Phi) is 6.56. The lowest BCUT2D eigenvalue weighted by Crippen LogP contribution is -2.53. The summed E-state index contributed by atoms with van der Waals surface area (Å²) in [7, 11) is 0. The zero-order chi connectivity index (χ0) is 18.4. The van der Waals surface area contributed by atoms with Gasteiger partial charge in [-0.3, -0.25) is 15.0 Å². The van der Waals surface area contributed by atoms with Crippen molar-refractivity contribution >= 4 is 11.9 Å². The van der Waals surface area contributed by atoms with E-state index in [1.165, 1.54) is 11.1 Å². The Balaban J connectivity index is 1.97. The number of rotatable bonds is 4. The molecule has 0 bridgehead atoms. The quantitative estimate of drug-likeness (QED) is 0.777. The molecule has 1 aromatic carbocycles. The number of benzene rings is 1. The molecule has 6 heteroatoms. The maximum absolute atomic E-state index is 12.3. The van der Waals surface area contributed by atoms with Gasteiger partial charge < -0.3 is 10.6 Å². The molecule has 1 fully saturated rings. The van der Waals surface area contributed by atoms with Gasteiger partial charge in [-0.15, -0.1) is 0 Å². The molecule has 1 heterocycles. The smallest absolute Gasteiger partial charge is 0.321 e. The number of nitrogens with one attached hydrogen (secondary N) is 3. The molecular weight excluding hydrogens is 316 g/mol. The average molecular weight is 346 g/mol. The van der Waals surface area contributed by atoms with Crippen LogP contribution < -0.4 is 16.0 Å². The van der Waals surface area contributed by atoms with Gasteiger partial charge in [0.25, 0.3) is 0 Å². The topological polar surface area (TPSA) is 73.5 Å². The third-order valence-electron chi connectivity index (χ3n) is 4.22. The number of hydrogen-bond donors (Lipinski definition) is 3. The van der Waals surface area contributed by atoms with Crippen LogP contribution in [0.4, 0.5) is 4.79 Å². The molecule has 6 nitrogen and oxygen atoms in total. The van der Waals surface area contributed by atoms with Crippen molar-refractivity contribution in [2.24, 2.45) is 0 Å². The fourth-order valence-electron chi connectivity index (χ4n) is 2.96. The van der Waals surface area contributed by atoms with E-state index in [0.717, 1.165) is 26.1 Å². The summed E-state index contributed by atoms with van der Waals surface area (Å²) in [5.41, 5.74) is 2.12. The monoisotopic (exact) mass is 346 g/mol. The number of carbonyl (C=O) groups is 2. The number of carbonyl (C=O) groups excluding carboxylic acids is 2.